The Kier molecular flexibility index (Phi) is 7.46. The summed E-state index contributed by atoms with van der Waals surface area (Å²) in [5.74, 6) is -1.78. The van der Waals surface area contributed by atoms with Crippen LogP contribution in [0.15, 0.2) is 86.6 Å². The van der Waals surface area contributed by atoms with Crippen molar-refractivity contribution in [3.8, 4) is 5.75 Å². The van der Waals surface area contributed by atoms with Crippen LogP contribution in [0.1, 0.15) is 29.7 Å². The molecule has 202 valence electrons. The number of carbonyl (C=O) groups excluding carboxylic acids is 1. The highest BCUT2D eigenvalue weighted by molar-refractivity contribution is 9.10. The zero-order valence-electron chi connectivity index (χ0n) is 20.7. The van der Waals surface area contributed by atoms with Gasteiger partial charge in [0.05, 0.1) is 33.4 Å². The van der Waals surface area contributed by atoms with Gasteiger partial charge in [-0.1, -0.05) is 69.7 Å². The topological polar surface area (TPSA) is 124 Å². The summed E-state index contributed by atoms with van der Waals surface area (Å²) < 4.78 is 21.0. The SMILES string of the molecule is CCOC(=O)C1=C(c2ccccc2)N=c2s/c(=C\c3cc(Br)cc([N+](=O)[O-])c3O)c(=O)n2[C@@H]1c1ccc(F)cc1. The van der Waals surface area contributed by atoms with Gasteiger partial charge >= 0.3 is 11.7 Å². The van der Waals surface area contributed by atoms with Gasteiger partial charge in [-0.25, -0.2) is 14.2 Å². The molecule has 1 aromatic heterocycles. The molecule has 0 fully saturated rings. The van der Waals surface area contributed by atoms with Gasteiger partial charge in [0, 0.05) is 21.7 Å². The summed E-state index contributed by atoms with van der Waals surface area (Å²) >= 11 is 4.18. The van der Waals surface area contributed by atoms with E-state index in [0.717, 1.165) is 17.4 Å². The van der Waals surface area contributed by atoms with Gasteiger partial charge in [0.1, 0.15) is 5.82 Å². The largest absolute Gasteiger partial charge is 0.502 e. The normalized spacial score (nSPS) is 15.0. The molecule has 0 radical (unpaired) electrons. The third-order valence-corrected chi connectivity index (χ3v) is 7.57. The predicted molar refractivity (Wildman–Crippen MR) is 150 cm³/mol. The Labute approximate surface area is 238 Å². The lowest BCUT2D eigenvalue weighted by Gasteiger charge is -2.25. The van der Waals surface area contributed by atoms with Crippen molar-refractivity contribution in [2.75, 3.05) is 6.61 Å². The van der Waals surface area contributed by atoms with E-state index >= 15 is 0 Å². The standard InChI is InChI=1S/C28H19BrFN3O6S/c1-2-39-27(36)22-23(15-6-4-3-5-7-15)31-28-32(24(22)16-8-10-19(30)11-9-16)26(35)21(40-28)13-17-12-18(29)14-20(25(17)34)33(37)38/h3-14,24,34H,2H2,1H3/b21-13-/t24-/m1/s1. The number of hydrogen-bond donors (Lipinski definition) is 1. The van der Waals surface area contributed by atoms with Crippen LogP contribution in [0.2, 0.25) is 0 Å². The monoisotopic (exact) mass is 623 g/mol. The third kappa shape index (κ3) is 4.98. The second kappa shape index (κ2) is 11.0. The van der Waals surface area contributed by atoms with Gasteiger partial charge < -0.3 is 9.84 Å². The molecule has 12 heteroatoms. The Morgan fingerprint density at radius 2 is 1.93 bits per heavy atom. The van der Waals surface area contributed by atoms with Gasteiger partial charge in [0.2, 0.25) is 5.75 Å². The molecule has 1 aliphatic heterocycles. The summed E-state index contributed by atoms with van der Waals surface area (Å²) in [7, 11) is 0. The van der Waals surface area contributed by atoms with Crippen LogP contribution in [0, 0.1) is 15.9 Å². The zero-order chi connectivity index (χ0) is 28.6. The molecule has 1 aliphatic rings. The molecule has 0 aliphatic carbocycles. The molecule has 3 aromatic carbocycles. The van der Waals surface area contributed by atoms with Crippen molar-refractivity contribution in [2.24, 2.45) is 4.99 Å². The number of nitro benzene ring substituents is 1. The van der Waals surface area contributed by atoms with Crippen molar-refractivity contribution in [2.45, 2.75) is 13.0 Å². The highest BCUT2D eigenvalue weighted by Gasteiger charge is 2.35. The minimum atomic E-state index is -1.02. The van der Waals surface area contributed by atoms with Gasteiger partial charge in [0.15, 0.2) is 4.80 Å². The van der Waals surface area contributed by atoms with Crippen LogP contribution in [0.4, 0.5) is 10.1 Å². The molecule has 0 amide bonds. The second-order valence-corrected chi connectivity index (χ2v) is 10.5. The Morgan fingerprint density at radius 1 is 1.23 bits per heavy atom. The number of ether oxygens (including phenoxy) is 1. The molecule has 4 aromatic rings. The van der Waals surface area contributed by atoms with E-state index in [0.29, 0.717) is 21.3 Å². The van der Waals surface area contributed by atoms with Crippen molar-refractivity contribution >= 4 is 50.7 Å². The first-order valence-electron chi connectivity index (χ1n) is 11.9. The number of hydrogen-bond acceptors (Lipinski definition) is 8. The fraction of sp³-hybridized carbons (Fsp3) is 0.107. The first kappa shape index (κ1) is 27.2. The summed E-state index contributed by atoms with van der Waals surface area (Å²) in [6, 6.07) is 15.9. The van der Waals surface area contributed by atoms with Crippen molar-refractivity contribution in [3.63, 3.8) is 0 Å². The Hall–Kier alpha value is -4.42. The molecular formula is C28H19BrFN3O6S. The second-order valence-electron chi connectivity index (χ2n) is 8.60. The maximum atomic E-state index is 13.9. The van der Waals surface area contributed by atoms with E-state index in [2.05, 4.69) is 20.9 Å². The Bertz CT molecular complexity index is 1870. The summed E-state index contributed by atoms with van der Waals surface area (Å²) in [4.78, 5) is 42.9. The first-order chi connectivity index (χ1) is 19.2. The third-order valence-electron chi connectivity index (χ3n) is 6.13. The number of nitrogens with zero attached hydrogens (tertiary/aromatic N) is 3. The van der Waals surface area contributed by atoms with E-state index in [-0.39, 0.29) is 27.1 Å². The molecule has 1 N–H and O–H groups in total. The summed E-state index contributed by atoms with van der Waals surface area (Å²) in [5.41, 5.74) is 0.388. The van der Waals surface area contributed by atoms with Crippen molar-refractivity contribution in [1.29, 1.82) is 0 Å². The highest BCUT2D eigenvalue weighted by atomic mass is 79.9. The summed E-state index contributed by atoms with van der Waals surface area (Å²) in [5, 5.41) is 21.9. The lowest BCUT2D eigenvalue weighted by Crippen LogP contribution is -2.40. The smallest absolute Gasteiger partial charge is 0.338 e. The van der Waals surface area contributed by atoms with Crippen LogP contribution in [0.5, 0.6) is 5.75 Å². The molecule has 0 unspecified atom stereocenters. The number of phenolic OH excluding ortho intramolecular Hbond substituents is 1. The molecule has 0 spiro atoms. The Morgan fingerprint density at radius 3 is 2.58 bits per heavy atom. The van der Waals surface area contributed by atoms with E-state index < -0.39 is 39.7 Å². The number of aromatic hydroxyl groups is 1. The van der Waals surface area contributed by atoms with Crippen LogP contribution in [-0.4, -0.2) is 27.2 Å². The summed E-state index contributed by atoms with van der Waals surface area (Å²) in [6.45, 7) is 1.73. The van der Waals surface area contributed by atoms with Crippen molar-refractivity contribution < 1.29 is 24.0 Å². The molecule has 2 heterocycles. The van der Waals surface area contributed by atoms with Gasteiger partial charge in [-0.3, -0.25) is 19.5 Å². The van der Waals surface area contributed by atoms with Gasteiger partial charge in [-0.15, -0.1) is 0 Å². The number of esters is 1. The van der Waals surface area contributed by atoms with Crippen LogP contribution in [0.25, 0.3) is 11.8 Å². The zero-order valence-corrected chi connectivity index (χ0v) is 23.1. The molecule has 40 heavy (non-hydrogen) atoms. The molecule has 5 rings (SSSR count). The fourth-order valence-electron chi connectivity index (χ4n) is 4.40. The van der Waals surface area contributed by atoms with E-state index in [4.69, 9.17) is 4.74 Å². The molecule has 0 saturated carbocycles. The lowest BCUT2D eigenvalue weighted by molar-refractivity contribution is -0.385. The summed E-state index contributed by atoms with van der Waals surface area (Å²) in [6.07, 6.45) is 1.33. The predicted octanol–water partition coefficient (Wildman–Crippen LogP) is 4.45. The van der Waals surface area contributed by atoms with Crippen LogP contribution in [0.3, 0.4) is 0 Å². The maximum Gasteiger partial charge on any atom is 0.338 e. The number of nitro groups is 1. The molecule has 9 nitrogen and oxygen atoms in total. The number of halogens is 2. The van der Waals surface area contributed by atoms with Crippen LogP contribution < -0.4 is 14.9 Å². The van der Waals surface area contributed by atoms with Gasteiger partial charge in [-0.05, 0) is 36.8 Å². The number of thiazole rings is 1. The Balaban J connectivity index is 1.84. The number of carbonyl (C=O) groups is 1. The number of benzene rings is 3. The van der Waals surface area contributed by atoms with Crippen molar-refractivity contribution in [3.05, 3.63) is 129 Å². The van der Waals surface area contributed by atoms with Gasteiger partial charge in [0.25, 0.3) is 5.56 Å². The van der Waals surface area contributed by atoms with Crippen LogP contribution in [-0.2, 0) is 9.53 Å². The quantitative estimate of drug-likeness (QED) is 0.192. The number of rotatable bonds is 6. The average molecular weight is 624 g/mol. The maximum absolute atomic E-state index is 13.9. The minimum Gasteiger partial charge on any atom is -0.502 e. The van der Waals surface area contributed by atoms with Gasteiger partial charge in [-0.2, -0.15) is 0 Å². The van der Waals surface area contributed by atoms with E-state index in [1.807, 2.05) is 6.07 Å². The van der Waals surface area contributed by atoms with E-state index in [1.165, 1.54) is 41.0 Å². The molecule has 1 atom stereocenters. The highest BCUT2D eigenvalue weighted by Crippen LogP contribution is 2.36. The van der Waals surface area contributed by atoms with Crippen molar-refractivity contribution in [1.82, 2.24) is 4.57 Å². The molecular weight excluding hydrogens is 605 g/mol. The fourth-order valence-corrected chi connectivity index (χ4v) is 5.85. The average Bonchev–Trinajstić information content (AvgIpc) is 3.25. The lowest BCUT2D eigenvalue weighted by atomic mass is 9.93. The molecule has 0 bridgehead atoms. The molecule has 0 saturated heterocycles. The van der Waals surface area contributed by atoms with Crippen LogP contribution >= 0.6 is 27.3 Å². The number of fused-ring (bicyclic) bond motifs is 1. The van der Waals surface area contributed by atoms with E-state index in [1.54, 1.807) is 31.2 Å². The number of aromatic nitrogens is 1. The van der Waals surface area contributed by atoms with E-state index in [9.17, 15) is 29.2 Å². The minimum absolute atomic E-state index is 0.0394. The first-order valence-corrected chi connectivity index (χ1v) is 13.5. The number of phenols is 1.